The Morgan fingerprint density at radius 1 is 1.18 bits per heavy atom. The predicted octanol–water partition coefficient (Wildman–Crippen LogP) is 3.31. The van der Waals surface area contributed by atoms with Crippen molar-refractivity contribution in [3.63, 3.8) is 0 Å². The summed E-state index contributed by atoms with van der Waals surface area (Å²) in [5.74, 6) is -0.197. The van der Waals surface area contributed by atoms with Crippen molar-refractivity contribution < 1.29 is 13.2 Å². The van der Waals surface area contributed by atoms with Gasteiger partial charge in [-0.2, -0.15) is 4.31 Å². The number of carbonyl (C=O) groups excluding carboxylic acids is 1. The van der Waals surface area contributed by atoms with Crippen molar-refractivity contribution in [3.8, 4) is 0 Å². The van der Waals surface area contributed by atoms with Gasteiger partial charge in [0.1, 0.15) is 4.21 Å². The second kappa shape index (κ2) is 7.77. The maximum atomic E-state index is 12.6. The Morgan fingerprint density at radius 3 is 2.61 bits per heavy atom. The fraction of sp³-hybridized carbons (Fsp3) is 0.250. The van der Waals surface area contributed by atoms with Gasteiger partial charge in [-0.25, -0.2) is 13.4 Å². The lowest BCUT2D eigenvalue weighted by molar-refractivity contribution is -0.127. The van der Waals surface area contributed by atoms with Crippen molar-refractivity contribution >= 4 is 72.8 Å². The molecule has 1 aliphatic rings. The number of thiazole rings is 1. The van der Waals surface area contributed by atoms with Gasteiger partial charge in [-0.1, -0.05) is 23.2 Å². The van der Waals surface area contributed by atoms with Crippen molar-refractivity contribution in [2.24, 2.45) is 0 Å². The Hall–Kier alpha value is -1.43. The first kappa shape index (κ1) is 19.9. The normalized spacial score (nSPS) is 16.4. The molecule has 1 fully saturated rings. The minimum Gasteiger partial charge on any atom is -0.337 e. The second-order valence-electron chi connectivity index (χ2n) is 5.96. The zero-order chi connectivity index (χ0) is 19.9. The number of rotatable bonds is 4. The Bertz CT molecular complexity index is 1160. The Kier molecular flexibility index (Phi) is 5.51. The molecule has 7 nitrogen and oxygen atoms in total. The number of hydrogen-bond acceptors (Lipinski definition) is 6. The molecule has 3 aromatic heterocycles. The number of imidazole rings is 1. The van der Waals surface area contributed by atoms with Crippen LogP contribution in [0.25, 0.3) is 11.0 Å². The molecule has 0 unspecified atom stereocenters. The molecule has 0 atom stereocenters. The van der Waals surface area contributed by atoms with Crippen LogP contribution in [-0.2, 0) is 14.8 Å². The number of hydrogen-bond donors (Lipinski definition) is 0. The fourth-order valence-corrected chi connectivity index (χ4v) is 6.96. The second-order valence-corrected chi connectivity index (χ2v) is 11.1. The topological polar surface area (TPSA) is 75.0 Å². The lowest BCUT2D eigenvalue weighted by Crippen LogP contribution is -2.50. The van der Waals surface area contributed by atoms with Crippen LogP contribution < -0.4 is 0 Å². The Labute approximate surface area is 179 Å². The molecule has 0 saturated carbocycles. The molecule has 12 heteroatoms. The van der Waals surface area contributed by atoms with Crippen LogP contribution in [0.5, 0.6) is 0 Å². The summed E-state index contributed by atoms with van der Waals surface area (Å²) in [6.07, 6.45) is 4.91. The van der Waals surface area contributed by atoms with Gasteiger partial charge in [0, 0.05) is 43.8 Å². The maximum Gasteiger partial charge on any atom is 0.252 e. The zero-order valence-corrected chi connectivity index (χ0v) is 18.2. The molecule has 148 valence electrons. The molecule has 0 aromatic carbocycles. The maximum absolute atomic E-state index is 12.6. The predicted molar refractivity (Wildman–Crippen MR) is 112 cm³/mol. The quantitative estimate of drug-likeness (QED) is 0.541. The summed E-state index contributed by atoms with van der Waals surface area (Å²) in [5.41, 5.74) is 0.641. The van der Waals surface area contributed by atoms with Crippen molar-refractivity contribution in [1.29, 1.82) is 0 Å². The monoisotopic (exact) mass is 476 g/mol. The summed E-state index contributed by atoms with van der Waals surface area (Å²) in [6.45, 7) is 1.10. The number of nitrogens with zero attached hydrogens (tertiary/aromatic N) is 4. The largest absolute Gasteiger partial charge is 0.337 e. The minimum atomic E-state index is -3.58. The number of amides is 1. The molecular formula is C16H14Cl2N4O3S3. The summed E-state index contributed by atoms with van der Waals surface area (Å²) in [6, 6.07) is 3.07. The van der Waals surface area contributed by atoms with Crippen LogP contribution in [0.2, 0.25) is 9.49 Å². The molecule has 1 aliphatic heterocycles. The number of carbonyl (C=O) groups is 1. The van der Waals surface area contributed by atoms with Gasteiger partial charge in [0.2, 0.25) is 5.91 Å². The van der Waals surface area contributed by atoms with Crippen LogP contribution in [0.15, 0.2) is 34.0 Å². The van der Waals surface area contributed by atoms with Crippen LogP contribution in [0.4, 0.5) is 0 Å². The van der Waals surface area contributed by atoms with Gasteiger partial charge in [-0.15, -0.1) is 22.7 Å². The molecule has 0 spiro atoms. The summed E-state index contributed by atoms with van der Waals surface area (Å²) < 4.78 is 29.1. The third-order valence-electron chi connectivity index (χ3n) is 4.33. The van der Waals surface area contributed by atoms with E-state index in [-0.39, 0.29) is 23.2 Å². The van der Waals surface area contributed by atoms with E-state index >= 15 is 0 Å². The lowest BCUT2D eigenvalue weighted by atomic mass is 10.3. The van der Waals surface area contributed by atoms with Crippen LogP contribution in [-0.4, -0.2) is 59.1 Å². The van der Waals surface area contributed by atoms with Crippen LogP contribution >= 0.6 is 45.9 Å². The van der Waals surface area contributed by atoms with E-state index < -0.39 is 10.0 Å². The van der Waals surface area contributed by atoms with E-state index in [1.54, 1.807) is 17.0 Å². The van der Waals surface area contributed by atoms with Gasteiger partial charge in [0.15, 0.2) is 10.1 Å². The van der Waals surface area contributed by atoms with Gasteiger partial charge in [-0.05, 0) is 18.2 Å². The van der Waals surface area contributed by atoms with Gasteiger partial charge in [-0.3, -0.25) is 9.20 Å². The molecule has 4 rings (SSSR count). The van der Waals surface area contributed by atoms with E-state index in [0.29, 0.717) is 28.3 Å². The van der Waals surface area contributed by atoms with Crippen LogP contribution in [0, 0.1) is 0 Å². The van der Waals surface area contributed by atoms with Crippen molar-refractivity contribution in [3.05, 3.63) is 45.0 Å². The van der Waals surface area contributed by atoms with Crippen LogP contribution in [0.3, 0.4) is 0 Å². The van der Waals surface area contributed by atoms with Gasteiger partial charge in [0.05, 0.1) is 10.0 Å². The number of piperazine rings is 1. The standard InChI is InChI=1S/C16H14Cl2N4O3S3/c17-12-2-4-14(27-12)28(24,25)21-7-5-20(6-8-21)13(23)3-1-11-15(18)19-16-22(11)9-10-26-16/h1-4,9-10H,5-8H2/b3-1+. The van der Waals surface area contributed by atoms with Gasteiger partial charge >= 0.3 is 0 Å². The van der Waals surface area contributed by atoms with E-state index in [4.69, 9.17) is 23.2 Å². The molecule has 4 heterocycles. The number of halogens is 2. The first-order valence-electron chi connectivity index (χ1n) is 8.20. The molecule has 0 aliphatic carbocycles. The molecule has 1 amide bonds. The third kappa shape index (κ3) is 3.72. The smallest absolute Gasteiger partial charge is 0.252 e. The number of sulfonamides is 1. The third-order valence-corrected chi connectivity index (χ3v) is 8.96. The molecule has 0 radical (unpaired) electrons. The van der Waals surface area contributed by atoms with Crippen molar-refractivity contribution in [2.75, 3.05) is 26.2 Å². The summed E-state index contributed by atoms with van der Waals surface area (Å²) in [7, 11) is -3.58. The van der Waals surface area contributed by atoms with E-state index in [1.807, 2.05) is 16.0 Å². The van der Waals surface area contributed by atoms with Crippen molar-refractivity contribution in [2.45, 2.75) is 4.21 Å². The van der Waals surface area contributed by atoms with E-state index in [1.165, 1.54) is 27.8 Å². The minimum absolute atomic E-state index is 0.197. The SMILES string of the molecule is O=C(/C=C/c1c(Cl)nc2sccn12)N1CCN(S(=O)(=O)c2ccc(Cl)s2)CC1. The highest BCUT2D eigenvalue weighted by atomic mass is 35.5. The highest BCUT2D eigenvalue weighted by molar-refractivity contribution is 7.91. The summed E-state index contributed by atoms with van der Waals surface area (Å²) in [4.78, 5) is 19.1. The molecule has 0 bridgehead atoms. The van der Waals surface area contributed by atoms with E-state index in [2.05, 4.69) is 4.98 Å². The molecule has 3 aromatic rings. The average Bonchev–Trinajstić information content (AvgIpc) is 3.37. The first-order valence-corrected chi connectivity index (χ1v) is 12.1. The average molecular weight is 477 g/mol. The van der Waals surface area contributed by atoms with E-state index in [0.717, 1.165) is 16.3 Å². The number of thiophene rings is 1. The van der Waals surface area contributed by atoms with E-state index in [9.17, 15) is 13.2 Å². The number of aromatic nitrogens is 2. The van der Waals surface area contributed by atoms with Gasteiger partial charge < -0.3 is 4.90 Å². The Morgan fingerprint density at radius 2 is 1.93 bits per heavy atom. The fourth-order valence-electron chi connectivity index (χ4n) is 2.89. The molecular weight excluding hydrogens is 463 g/mol. The molecule has 0 N–H and O–H groups in total. The van der Waals surface area contributed by atoms with Crippen molar-refractivity contribution in [1.82, 2.24) is 18.6 Å². The summed E-state index contributed by atoms with van der Waals surface area (Å²) >= 11 is 14.5. The Balaban J connectivity index is 1.41. The first-order chi connectivity index (χ1) is 13.4. The highest BCUT2D eigenvalue weighted by Gasteiger charge is 2.30. The highest BCUT2D eigenvalue weighted by Crippen LogP contribution is 2.28. The summed E-state index contributed by atoms with van der Waals surface area (Å²) in [5, 5.41) is 2.22. The molecule has 1 saturated heterocycles. The number of fused-ring (bicyclic) bond motifs is 1. The molecule has 28 heavy (non-hydrogen) atoms. The zero-order valence-electron chi connectivity index (χ0n) is 14.3. The lowest BCUT2D eigenvalue weighted by Gasteiger charge is -2.33. The van der Waals surface area contributed by atoms with Gasteiger partial charge in [0.25, 0.3) is 10.0 Å². The van der Waals surface area contributed by atoms with Crippen LogP contribution in [0.1, 0.15) is 5.69 Å².